The number of hydrogen-bond acceptors (Lipinski definition) is 3. The maximum Gasteiger partial charge on any atom is 0.460 e. The SMILES string of the molecule is CC(C)(C)C1CCc2c(sc(NC(=O)C(F)(F)C(F)(F)C(F)(F)C(F)(F)C(F)(F)C(F)(F)F)c2C(N)=O)C1. The summed E-state index contributed by atoms with van der Waals surface area (Å²) in [5.41, 5.74) is 4.30. The highest BCUT2D eigenvalue weighted by Crippen LogP contribution is 2.60. The molecule has 1 aliphatic carbocycles. The van der Waals surface area contributed by atoms with Crippen LogP contribution in [0.5, 0.6) is 0 Å². The minimum absolute atomic E-state index is 0.0695. The number of alkyl halides is 13. The van der Waals surface area contributed by atoms with Gasteiger partial charge in [0.2, 0.25) is 0 Å². The smallest absolute Gasteiger partial charge is 0.365 e. The Bertz CT molecular complexity index is 1100. The summed E-state index contributed by atoms with van der Waals surface area (Å²) >= 11 is 0.370. The summed E-state index contributed by atoms with van der Waals surface area (Å²) in [6.45, 7) is 5.53. The zero-order valence-corrected chi connectivity index (χ0v) is 20.2. The first kappa shape index (κ1) is 31.9. The van der Waals surface area contributed by atoms with Gasteiger partial charge in [0.25, 0.3) is 5.91 Å². The standard InChI is InChI=1S/C20H19F13N2O2S/c1-14(2,3)7-4-5-8-9(6-7)38-12(10(8)11(34)36)35-13(37)15(21,22)16(23,24)17(25,26)18(27,28)19(29,30)20(31,32)33/h7H,4-6H2,1-3H3,(H2,34,36)(H,35,37). The topological polar surface area (TPSA) is 72.2 Å². The van der Waals surface area contributed by atoms with Gasteiger partial charge >= 0.3 is 41.7 Å². The molecule has 1 heterocycles. The summed E-state index contributed by atoms with van der Waals surface area (Å²) in [5, 5.41) is 0.0517. The Morgan fingerprint density at radius 2 is 1.29 bits per heavy atom. The van der Waals surface area contributed by atoms with Crippen LogP contribution in [0, 0.1) is 11.3 Å². The first-order valence-corrected chi connectivity index (χ1v) is 11.2. The van der Waals surface area contributed by atoms with Crippen molar-refractivity contribution in [3.8, 4) is 0 Å². The number of nitrogens with one attached hydrogen (secondary N) is 1. The lowest BCUT2D eigenvalue weighted by Crippen LogP contribution is -2.71. The number of halogens is 13. The average Bonchev–Trinajstić information content (AvgIpc) is 3.08. The summed E-state index contributed by atoms with van der Waals surface area (Å²) in [5.74, 6) is -43.9. The van der Waals surface area contributed by atoms with E-state index in [1.165, 1.54) is 0 Å². The lowest BCUT2D eigenvalue weighted by atomic mass is 9.72. The molecule has 1 aliphatic rings. The average molecular weight is 598 g/mol. The molecule has 0 spiro atoms. The quantitative estimate of drug-likeness (QED) is 0.344. The summed E-state index contributed by atoms with van der Waals surface area (Å²) < 4.78 is 173. The minimum atomic E-state index is -8.13. The van der Waals surface area contributed by atoms with Crippen LogP contribution in [0.4, 0.5) is 62.1 Å². The van der Waals surface area contributed by atoms with E-state index in [4.69, 9.17) is 5.73 Å². The molecule has 0 bridgehead atoms. The minimum Gasteiger partial charge on any atom is -0.365 e. The number of anilines is 1. The number of primary amides is 1. The van der Waals surface area contributed by atoms with Crippen LogP contribution in [-0.4, -0.2) is 47.6 Å². The molecule has 0 aromatic carbocycles. The molecule has 0 aliphatic heterocycles. The first-order valence-electron chi connectivity index (χ1n) is 10.4. The molecule has 3 N–H and O–H groups in total. The fourth-order valence-electron chi connectivity index (χ4n) is 3.77. The molecule has 2 rings (SSSR count). The number of amides is 2. The Hall–Kier alpha value is -2.27. The molecule has 0 fully saturated rings. The van der Waals surface area contributed by atoms with Crippen LogP contribution >= 0.6 is 11.3 Å². The highest BCUT2D eigenvalue weighted by Gasteiger charge is 2.91. The van der Waals surface area contributed by atoms with Crippen molar-refractivity contribution in [2.75, 3.05) is 5.32 Å². The summed E-state index contributed by atoms with van der Waals surface area (Å²) in [6, 6.07) is 0. The van der Waals surface area contributed by atoms with Crippen molar-refractivity contribution in [1.29, 1.82) is 0 Å². The van der Waals surface area contributed by atoms with Gasteiger partial charge in [-0.1, -0.05) is 20.8 Å². The van der Waals surface area contributed by atoms with Gasteiger partial charge in [-0.25, -0.2) is 0 Å². The lowest BCUT2D eigenvalue weighted by Gasteiger charge is -2.39. The Morgan fingerprint density at radius 3 is 1.71 bits per heavy atom. The Balaban J connectivity index is 2.50. The molecule has 0 saturated carbocycles. The van der Waals surface area contributed by atoms with Crippen LogP contribution in [0.1, 0.15) is 48.0 Å². The predicted octanol–water partition coefficient (Wildman–Crippen LogP) is 6.68. The second-order valence-electron chi connectivity index (χ2n) is 9.70. The molecule has 4 nitrogen and oxygen atoms in total. The molecule has 2 amide bonds. The molecule has 1 aromatic heterocycles. The van der Waals surface area contributed by atoms with Gasteiger partial charge in [-0.3, -0.25) is 9.59 Å². The van der Waals surface area contributed by atoms with E-state index in [9.17, 15) is 66.7 Å². The second kappa shape index (κ2) is 9.15. The number of thiophene rings is 1. The largest absolute Gasteiger partial charge is 0.460 e. The van der Waals surface area contributed by atoms with Gasteiger partial charge in [0.05, 0.1) is 5.56 Å². The molecule has 1 aromatic rings. The number of fused-ring (bicyclic) bond motifs is 1. The van der Waals surface area contributed by atoms with E-state index in [1.807, 2.05) is 20.8 Å². The fraction of sp³-hybridized carbons (Fsp3) is 0.700. The fourth-order valence-corrected chi connectivity index (χ4v) is 5.10. The van der Waals surface area contributed by atoms with Crippen molar-refractivity contribution in [1.82, 2.24) is 0 Å². The van der Waals surface area contributed by atoms with Crippen LogP contribution in [0.25, 0.3) is 0 Å². The maximum absolute atomic E-state index is 14.2. The number of carbonyl (C=O) groups is 2. The van der Waals surface area contributed by atoms with E-state index in [1.54, 1.807) is 0 Å². The summed E-state index contributed by atoms with van der Waals surface area (Å²) in [7, 11) is 0. The predicted molar refractivity (Wildman–Crippen MR) is 107 cm³/mol. The first-order chi connectivity index (χ1) is 16.7. The van der Waals surface area contributed by atoms with Gasteiger partial charge < -0.3 is 11.1 Å². The molecule has 1 atom stereocenters. The number of nitrogens with two attached hydrogens (primary N) is 1. The third-order valence-corrected chi connectivity index (χ3v) is 7.35. The highest BCUT2D eigenvalue weighted by molar-refractivity contribution is 7.17. The molecule has 0 saturated heterocycles. The van der Waals surface area contributed by atoms with E-state index in [0.29, 0.717) is 17.8 Å². The van der Waals surface area contributed by atoms with Crippen LogP contribution in [0.3, 0.4) is 0 Å². The van der Waals surface area contributed by atoms with E-state index < -0.39 is 58.2 Å². The van der Waals surface area contributed by atoms with Gasteiger partial charge in [0.15, 0.2) is 0 Å². The highest BCUT2D eigenvalue weighted by atomic mass is 32.1. The zero-order valence-electron chi connectivity index (χ0n) is 19.4. The number of hydrogen-bond donors (Lipinski definition) is 2. The third kappa shape index (κ3) is 4.69. The number of rotatable bonds is 7. The van der Waals surface area contributed by atoms with Crippen molar-refractivity contribution in [3.63, 3.8) is 0 Å². The zero-order chi connectivity index (χ0) is 30.1. The molecular formula is C20H19F13N2O2S. The molecule has 0 radical (unpaired) electrons. The number of carbonyl (C=O) groups excluding carboxylic acids is 2. The van der Waals surface area contributed by atoms with Gasteiger partial charge in [-0.05, 0) is 36.2 Å². The molecule has 18 heteroatoms. The Kier molecular flexibility index (Phi) is 7.69. The van der Waals surface area contributed by atoms with Crippen molar-refractivity contribution in [2.24, 2.45) is 17.1 Å². The van der Waals surface area contributed by atoms with Gasteiger partial charge in [0.1, 0.15) is 5.00 Å². The molecular weight excluding hydrogens is 579 g/mol. The van der Waals surface area contributed by atoms with Crippen LogP contribution < -0.4 is 11.1 Å². The maximum atomic E-state index is 14.2. The third-order valence-electron chi connectivity index (χ3n) is 6.18. The Labute approximate surface area is 209 Å². The summed E-state index contributed by atoms with van der Waals surface area (Å²) in [6.07, 6.45) is -6.87. The van der Waals surface area contributed by atoms with Crippen molar-refractivity contribution in [2.45, 2.75) is 75.8 Å². The second-order valence-corrected chi connectivity index (χ2v) is 10.8. The van der Waals surface area contributed by atoms with Crippen LogP contribution in [0.15, 0.2) is 0 Å². The van der Waals surface area contributed by atoms with Crippen molar-refractivity contribution >= 4 is 28.2 Å². The van der Waals surface area contributed by atoms with Gasteiger partial charge in [-0.2, -0.15) is 57.1 Å². The monoisotopic (exact) mass is 598 g/mol. The lowest BCUT2D eigenvalue weighted by molar-refractivity contribution is -0.435. The van der Waals surface area contributed by atoms with Gasteiger partial charge in [-0.15, -0.1) is 11.3 Å². The van der Waals surface area contributed by atoms with Crippen molar-refractivity contribution in [3.05, 3.63) is 16.0 Å². The summed E-state index contributed by atoms with van der Waals surface area (Å²) in [4.78, 5) is 24.1. The van der Waals surface area contributed by atoms with E-state index in [0.717, 1.165) is 5.32 Å². The van der Waals surface area contributed by atoms with Gasteiger partial charge in [0, 0.05) is 4.88 Å². The van der Waals surface area contributed by atoms with E-state index in [2.05, 4.69) is 0 Å². The molecule has 38 heavy (non-hydrogen) atoms. The van der Waals surface area contributed by atoms with Crippen LogP contribution in [0.2, 0.25) is 0 Å². The molecule has 1 unspecified atom stereocenters. The van der Waals surface area contributed by atoms with Crippen LogP contribution in [-0.2, 0) is 17.6 Å². The van der Waals surface area contributed by atoms with E-state index >= 15 is 0 Å². The molecule has 218 valence electrons. The Morgan fingerprint density at radius 1 is 0.816 bits per heavy atom. The van der Waals surface area contributed by atoms with Crippen molar-refractivity contribution < 1.29 is 66.7 Å². The van der Waals surface area contributed by atoms with E-state index in [-0.39, 0.29) is 34.6 Å². The normalized spacial score (nSPS) is 18.3.